The minimum absolute atomic E-state index is 0.0894. The molecule has 0 spiro atoms. The van der Waals surface area contributed by atoms with Crippen LogP contribution < -0.4 is 5.32 Å². The van der Waals surface area contributed by atoms with Crippen LogP contribution in [0.3, 0.4) is 0 Å². The third-order valence-corrected chi connectivity index (χ3v) is 3.62. The predicted octanol–water partition coefficient (Wildman–Crippen LogP) is 3.41. The van der Waals surface area contributed by atoms with E-state index in [2.05, 4.69) is 26.2 Å². The predicted molar refractivity (Wildman–Crippen MR) is 82.8 cm³/mol. The number of carbonyl (C=O) groups excluding carboxylic acids is 1. The van der Waals surface area contributed by atoms with Crippen molar-refractivity contribution in [3.8, 4) is 0 Å². The molecule has 5 nitrogen and oxygen atoms in total. The molecule has 21 heavy (non-hydrogen) atoms. The van der Waals surface area contributed by atoms with E-state index in [0.717, 1.165) is 5.69 Å². The lowest BCUT2D eigenvalue weighted by atomic mass is 10.1. The van der Waals surface area contributed by atoms with Crippen molar-refractivity contribution in [3.05, 3.63) is 57.3 Å². The third kappa shape index (κ3) is 3.46. The van der Waals surface area contributed by atoms with Gasteiger partial charge in [0.25, 0.3) is 5.91 Å². The molecule has 0 aliphatic heterocycles. The van der Waals surface area contributed by atoms with Crippen molar-refractivity contribution in [1.82, 2.24) is 4.98 Å². The first-order valence-electron chi connectivity index (χ1n) is 6.17. The number of aryl methyl sites for hydroxylation is 2. The highest BCUT2D eigenvalue weighted by molar-refractivity contribution is 9.10. The van der Waals surface area contributed by atoms with Crippen LogP contribution in [0.15, 0.2) is 34.8 Å². The summed E-state index contributed by atoms with van der Waals surface area (Å²) in [5.74, 6) is -1.38. The molecule has 1 aromatic carbocycles. The Morgan fingerprint density at radius 1 is 1.14 bits per heavy atom. The van der Waals surface area contributed by atoms with Crippen molar-refractivity contribution in [3.63, 3.8) is 0 Å². The van der Waals surface area contributed by atoms with Crippen LogP contribution in [0.25, 0.3) is 0 Å². The Labute approximate surface area is 130 Å². The van der Waals surface area contributed by atoms with Gasteiger partial charge < -0.3 is 10.4 Å². The van der Waals surface area contributed by atoms with E-state index in [-0.39, 0.29) is 11.5 Å². The number of nitrogens with one attached hydrogen (secondary N) is 1. The number of carboxylic acid groups (broad SMARTS) is 1. The number of anilines is 1. The molecule has 0 saturated heterocycles. The third-order valence-electron chi connectivity index (χ3n) is 2.92. The number of rotatable bonds is 3. The van der Waals surface area contributed by atoms with Gasteiger partial charge in [-0.1, -0.05) is 0 Å². The number of halogens is 1. The summed E-state index contributed by atoms with van der Waals surface area (Å²) in [4.78, 5) is 27.5. The average Bonchev–Trinajstić information content (AvgIpc) is 2.40. The summed E-state index contributed by atoms with van der Waals surface area (Å²) in [6.07, 6.45) is 0. The molecule has 108 valence electrons. The number of benzene rings is 1. The van der Waals surface area contributed by atoms with Crippen molar-refractivity contribution < 1.29 is 14.7 Å². The SMILES string of the molecule is Cc1ccc(C(=O)Nc2ccc(Br)c(C(=O)O)c2)c(C)n1. The lowest BCUT2D eigenvalue weighted by molar-refractivity contribution is 0.0695. The molecule has 1 heterocycles. The van der Waals surface area contributed by atoms with Crippen molar-refractivity contribution in [2.75, 3.05) is 5.32 Å². The molecule has 0 aliphatic carbocycles. The highest BCUT2D eigenvalue weighted by Crippen LogP contribution is 2.22. The standard InChI is InChI=1S/C15H13BrN2O3/c1-8-3-5-11(9(2)17-8)14(19)18-10-4-6-13(16)12(7-10)15(20)21/h3-7H,1-2H3,(H,18,19)(H,20,21). The summed E-state index contributed by atoms with van der Waals surface area (Å²) < 4.78 is 0.459. The van der Waals surface area contributed by atoms with Crippen LogP contribution in [-0.2, 0) is 0 Å². The fourth-order valence-electron chi connectivity index (χ4n) is 1.89. The van der Waals surface area contributed by atoms with Crippen molar-refractivity contribution in [1.29, 1.82) is 0 Å². The van der Waals surface area contributed by atoms with Crippen LogP contribution in [0.2, 0.25) is 0 Å². The topological polar surface area (TPSA) is 79.3 Å². The Balaban J connectivity index is 2.27. The second kappa shape index (κ2) is 6.05. The molecule has 0 bridgehead atoms. The van der Waals surface area contributed by atoms with Crippen molar-refractivity contribution in [2.45, 2.75) is 13.8 Å². The number of amides is 1. The van der Waals surface area contributed by atoms with E-state index in [1.165, 1.54) is 6.07 Å². The second-order valence-electron chi connectivity index (χ2n) is 4.54. The maximum absolute atomic E-state index is 12.2. The number of hydrogen-bond acceptors (Lipinski definition) is 3. The van der Waals surface area contributed by atoms with E-state index in [9.17, 15) is 9.59 Å². The lowest BCUT2D eigenvalue weighted by Crippen LogP contribution is -2.14. The highest BCUT2D eigenvalue weighted by atomic mass is 79.9. The average molecular weight is 349 g/mol. The van der Waals surface area contributed by atoms with E-state index in [4.69, 9.17) is 5.11 Å². The van der Waals surface area contributed by atoms with E-state index in [1.807, 2.05) is 6.92 Å². The summed E-state index contributed by atoms with van der Waals surface area (Å²) in [6, 6.07) is 8.07. The smallest absolute Gasteiger partial charge is 0.336 e. The number of carbonyl (C=O) groups is 2. The zero-order valence-corrected chi connectivity index (χ0v) is 13.1. The number of hydrogen-bond donors (Lipinski definition) is 2. The van der Waals surface area contributed by atoms with Crippen molar-refractivity contribution >= 4 is 33.5 Å². The molecular formula is C15H13BrN2O3. The molecule has 2 aromatic rings. The van der Waals surface area contributed by atoms with E-state index >= 15 is 0 Å². The summed E-state index contributed by atoms with van der Waals surface area (Å²) in [5, 5.41) is 11.7. The molecule has 1 aromatic heterocycles. The summed E-state index contributed by atoms with van der Waals surface area (Å²) in [7, 11) is 0. The van der Waals surface area contributed by atoms with Crippen LogP contribution in [0.4, 0.5) is 5.69 Å². The molecule has 1 amide bonds. The Bertz CT molecular complexity index is 729. The minimum atomic E-state index is -1.06. The van der Waals surface area contributed by atoms with Crippen LogP contribution in [0.1, 0.15) is 32.1 Å². The van der Waals surface area contributed by atoms with E-state index in [1.54, 1.807) is 31.2 Å². The van der Waals surface area contributed by atoms with E-state index in [0.29, 0.717) is 21.4 Å². The van der Waals surface area contributed by atoms with Gasteiger partial charge in [0.15, 0.2) is 0 Å². The first-order valence-corrected chi connectivity index (χ1v) is 6.96. The Kier molecular flexibility index (Phi) is 4.37. The molecule has 0 radical (unpaired) electrons. The van der Waals surface area contributed by atoms with Crippen molar-refractivity contribution in [2.24, 2.45) is 0 Å². The molecule has 0 saturated carbocycles. The molecular weight excluding hydrogens is 336 g/mol. The Morgan fingerprint density at radius 2 is 1.86 bits per heavy atom. The summed E-state index contributed by atoms with van der Waals surface area (Å²) in [6.45, 7) is 3.61. The normalized spacial score (nSPS) is 10.2. The lowest BCUT2D eigenvalue weighted by Gasteiger charge is -2.09. The molecule has 0 fully saturated rings. The first-order chi connectivity index (χ1) is 9.88. The molecule has 0 unspecified atom stereocenters. The molecule has 0 aliphatic rings. The van der Waals surface area contributed by atoms with Crippen LogP contribution >= 0.6 is 15.9 Å². The van der Waals surface area contributed by atoms with Gasteiger partial charge in [-0.25, -0.2) is 4.79 Å². The molecule has 2 rings (SSSR count). The van der Waals surface area contributed by atoms with Crippen LogP contribution in [0.5, 0.6) is 0 Å². The number of nitrogens with zero attached hydrogens (tertiary/aromatic N) is 1. The van der Waals surface area contributed by atoms with Gasteiger partial charge in [0.1, 0.15) is 0 Å². The number of carboxylic acids is 1. The largest absolute Gasteiger partial charge is 0.478 e. The maximum atomic E-state index is 12.2. The first kappa shape index (κ1) is 15.2. The van der Waals surface area contributed by atoms with Gasteiger partial charge in [-0.05, 0) is 60.1 Å². The quantitative estimate of drug-likeness (QED) is 0.890. The van der Waals surface area contributed by atoms with Gasteiger partial charge in [0.2, 0.25) is 0 Å². The van der Waals surface area contributed by atoms with Gasteiger partial charge >= 0.3 is 5.97 Å². The Hall–Kier alpha value is -2.21. The fraction of sp³-hybridized carbons (Fsp3) is 0.133. The Morgan fingerprint density at radius 3 is 2.48 bits per heavy atom. The van der Waals surface area contributed by atoms with Gasteiger partial charge in [0.05, 0.1) is 16.8 Å². The van der Waals surface area contributed by atoms with E-state index < -0.39 is 5.97 Å². The van der Waals surface area contributed by atoms with Gasteiger partial charge in [-0.2, -0.15) is 0 Å². The second-order valence-corrected chi connectivity index (χ2v) is 5.39. The van der Waals surface area contributed by atoms with Gasteiger partial charge in [-0.15, -0.1) is 0 Å². The zero-order chi connectivity index (χ0) is 15.6. The number of pyridine rings is 1. The number of aromatic carboxylic acids is 1. The summed E-state index contributed by atoms with van der Waals surface area (Å²) in [5.41, 5.74) is 2.43. The van der Waals surface area contributed by atoms with Crippen LogP contribution in [0, 0.1) is 13.8 Å². The number of aromatic nitrogens is 1. The maximum Gasteiger partial charge on any atom is 0.336 e. The highest BCUT2D eigenvalue weighted by Gasteiger charge is 2.13. The monoisotopic (exact) mass is 348 g/mol. The zero-order valence-electron chi connectivity index (χ0n) is 11.5. The summed E-state index contributed by atoms with van der Waals surface area (Å²) >= 11 is 3.16. The molecule has 2 N–H and O–H groups in total. The van der Waals surface area contributed by atoms with Crippen LogP contribution in [-0.4, -0.2) is 22.0 Å². The van der Waals surface area contributed by atoms with Gasteiger partial charge in [0, 0.05) is 15.9 Å². The molecule has 6 heteroatoms. The van der Waals surface area contributed by atoms with Gasteiger partial charge in [-0.3, -0.25) is 9.78 Å². The molecule has 0 atom stereocenters. The minimum Gasteiger partial charge on any atom is -0.478 e. The fourth-order valence-corrected chi connectivity index (χ4v) is 2.31.